The molecule has 1 aliphatic heterocycles. The van der Waals surface area contributed by atoms with Gasteiger partial charge in [-0.2, -0.15) is 5.01 Å². The number of carbonyl (C=O) groups excluding carboxylic acids is 1. The number of anilines is 2. The predicted molar refractivity (Wildman–Crippen MR) is 159 cm³/mol. The van der Waals surface area contributed by atoms with Gasteiger partial charge in [0.25, 0.3) is 11.5 Å². The van der Waals surface area contributed by atoms with Crippen LogP contribution in [0.3, 0.4) is 0 Å². The molecular weight excluding hydrogens is 536 g/mol. The van der Waals surface area contributed by atoms with Crippen LogP contribution in [0.5, 0.6) is 0 Å². The first kappa shape index (κ1) is 27.8. The monoisotopic (exact) mass is 562 g/mol. The van der Waals surface area contributed by atoms with Gasteiger partial charge in [-0.25, -0.2) is 9.59 Å². The van der Waals surface area contributed by atoms with Crippen molar-refractivity contribution in [3.05, 3.63) is 128 Å². The van der Waals surface area contributed by atoms with Crippen molar-refractivity contribution in [3.8, 4) is 5.69 Å². The number of aromatic carboxylic acids is 2. The number of carbonyl (C=O) groups is 3. The van der Waals surface area contributed by atoms with Crippen LogP contribution in [-0.4, -0.2) is 46.7 Å². The summed E-state index contributed by atoms with van der Waals surface area (Å²) >= 11 is 0. The van der Waals surface area contributed by atoms with E-state index in [0.29, 0.717) is 16.9 Å². The Kier molecular flexibility index (Phi) is 7.28. The predicted octanol–water partition coefficient (Wildman–Crippen LogP) is 3.30. The number of carboxylic acids is 2. The molecule has 0 fully saturated rings. The van der Waals surface area contributed by atoms with Gasteiger partial charge < -0.3 is 15.1 Å². The summed E-state index contributed by atoms with van der Waals surface area (Å²) in [5.74, 6) is -2.71. The molecule has 10 nitrogen and oxygen atoms in total. The van der Waals surface area contributed by atoms with Gasteiger partial charge >= 0.3 is 11.9 Å². The molecule has 210 valence electrons. The zero-order valence-corrected chi connectivity index (χ0v) is 23.0. The van der Waals surface area contributed by atoms with E-state index in [9.17, 15) is 29.4 Å². The van der Waals surface area contributed by atoms with Crippen molar-refractivity contribution in [2.24, 2.45) is 5.10 Å². The van der Waals surface area contributed by atoms with Gasteiger partial charge in [0.1, 0.15) is 0 Å². The van der Waals surface area contributed by atoms with Gasteiger partial charge in [0.15, 0.2) is 5.49 Å². The third-order valence-electron chi connectivity index (χ3n) is 6.94. The normalized spacial score (nSPS) is 12.9. The van der Waals surface area contributed by atoms with Crippen molar-refractivity contribution in [2.45, 2.75) is 6.92 Å². The second-order valence-corrected chi connectivity index (χ2v) is 9.81. The van der Waals surface area contributed by atoms with Crippen molar-refractivity contribution < 1.29 is 24.6 Å². The molecule has 0 atom stereocenters. The maximum atomic E-state index is 13.9. The number of nitrogens with zero attached hydrogens (tertiary/aromatic N) is 4. The van der Waals surface area contributed by atoms with Gasteiger partial charge in [-0.1, -0.05) is 24.3 Å². The number of hydrogen-bond acceptors (Lipinski definition) is 6. The highest BCUT2D eigenvalue weighted by molar-refractivity contribution is 6.08. The summed E-state index contributed by atoms with van der Waals surface area (Å²) in [6.07, 6.45) is 5.22. The standard InChI is InChI=1S/C32H26N4O6/c1-19-26(6-4-5-20-7-13-23(14-8-20)34(2)3)29(37)35(24-15-9-21(10-16-24)31(39)40)28-27(19)30(38)36(33-28)25-17-11-22(12-18-25)32(41)42/h4-18H,1-3H3,(H,39,40)(H,41,42)/b5-4?,26-6-. The summed E-state index contributed by atoms with van der Waals surface area (Å²) in [4.78, 5) is 52.3. The second kappa shape index (κ2) is 11.0. The minimum absolute atomic E-state index is 0.0405. The number of fused-ring (bicyclic) bond motifs is 1. The first-order valence-corrected chi connectivity index (χ1v) is 12.9. The highest BCUT2D eigenvalue weighted by atomic mass is 16.4. The number of allylic oxidation sites excluding steroid dienone is 1. The van der Waals surface area contributed by atoms with Crippen molar-refractivity contribution in [3.63, 3.8) is 0 Å². The maximum absolute atomic E-state index is 13.9. The average Bonchev–Trinajstić information content (AvgIpc) is 3.32. The van der Waals surface area contributed by atoms with Gasteiger partial charge in [0.2, 0.25) is 0 Å². The molecule has 0 spiro atoms. The van der Waals surface area contributed by atoms with Crippen LogP contribution < -0.4 is 26.2 Å². The van der Waals surface area contributed by atoms with Crippen LogP contribution >= 0.6 is 0 Å². The van der Waals surface area contributed by atoms with Gasteiger partial charge in [-0.15, -0.1) is 5.10 Å². The molecule has 1 aliphatic rings. The molecule has 2 heterocycles. The number of hydrogen-bond donors (Lipinski definition) is 2. The van der Waals surface area contributed by atoms with E-state index in [1.54, 1.807) is 19.1 Å². The first-order chi connectivity index (χ1) is 20.1. The lowest BCUT2D eigenvalue weighted by Gasteiger charge is -2.12. The zero-order valence-electron chi connectivity index (χ0n) is 23.0. The van der Waals surface area contributed by atoms with Crippen molar-refractivity contribution >= 4 is 41.4 Å². The number of amides is 1. The second-order valence-electron chi connectivity index (χ2n) is 9.81. The molecule has 4 aromatic rings. The fourth-order valence-electron chi connectivity index (χ4n) is 4.64. The van der Waals surface area contributed by atoms with Crippen LogP contribution in [0.4, 0.5) is 11.4 Å². The summed E-state index contributed by atoms with van der Waals surface area (Å²) in [5, 5.41) is 24.4. The Labute approximate surface area is 240 Å². The molecule has 0 unspecified atom stereocenters. The molecule has 42 heavy (non-hydrogen) atoms. The van der Waals surface area contributed by atoms with Crippen LogP contribution in [0.15, 0.2) is 88.8 Å². The molecule has 1 aromatic heterocycles. The Balaban J connectivity index is 1.67. The van der Waals surface area contributed by atoms with Crippen LogP contribution in [-0.2, 0) is 0 Å². The molecule has 0 radical (unpaired) electrons. The van der Waals surface area contributed by atoms with E-state index in [0.717, 1.165) is 16.3 Å². The van der Waals surface area contributed by atoms with Crippen LogP contribution in [0.1, 0.15) is 42.2 Å². The minimum Gasteiger partial charge on any atom is -0.478 e. The topological polar surface area (TPSA) is 133 Å². The van der Waals surface area contributed by atoms with E-state index in [2.05, 4.69) is 5.10 Å². The van der Waals surface area contributed by atoms with Crippen LogP contribution in [0, 0.1) is 6.92 Å². The van der Waals surface area contributed by atoms with E-state index < -0.39 is 23.4 Å². The first-order valence-electron chi connectivity index (χ1n) is 12.9. The Bertz CT molecular complexity index is 1940. The fraction of sp³-hybridized carbons (Fsp3) is 0.0938. The smallest absolute Gasteiger partial charge is 0.335 e. The van der Waals surface area contributed by atoms with E-state index >= 15 is 0 Å². The van der Waals surface area contributed by atoms with Gasteiger partial charge in [-0.05, 0) is 84.8 Å². The quantitative estimate of drug-likeness (QED) is 0.353. The van der Waals surface area contributed by atoms with Crippen molar-refractivity contribution in [1.82, 2.24) is 4.57 Å². The van der Waals surface area contributed by atoms with Gasteiger partial charge in [0, 0.05) is 25.0 Å². The molecule has 5 rings (SSSR count). The molecule has 0 saturated carbocycles. The molecule has 3 aromatic carbocycles. The average molecular weight is 563 g/mol. The lowest BCUT2D eigenvalue weighted by atomic mass is 10.1. The Morgan fingerprint density at radius 2 is 1.36 bits per heavy atom. The SMILES string of the molecule is Cc1c2c(n(-c3ccc(C(=O)O)cc3)c(=O)/c1=C\C=Cc1ccc(N(C)C)cc1)=NN(c1ccc(C(=O)O)cc1)C2=O. The van der Waals surface area contributed by atoms with Crippen molar-refractivity contribution in [2.75, 3.05) is 24.0 Å². The molecule has 10 heteroatoms. The summed E-state index contributed by atoms with van der Waals surface area (Å²) in [7, 11) is 3.91. The summed E-state index contributed by atoms with van der Waals surface area (Å²) in [6, 6.07) is 19.2. The van der Waals surface area contributed by atoms with E-state index in [1.165, 1.54) is 53.1 Å². The third-order valence-corrected chi connectivity index (χ3v) is 6.94. The fourth-order valence-corrected chi connectivity index (χ4v) is 4.64. The van der Waals surface area contributed by atoms with E-state index in [-0.39, 0.29) is 27.4 Å². The molecule has 2 N–H and O–H groups in total. The summed E-state index contributed by atoms with van der Waals surface area (Å²) in [5.41, 5.74) is 3.00. The van der Waals surface area contributed by atoms with Crippen LogP contribution in [0.2, 0.25) is 0 Å². The molecule has 0 aliphatic carbocycles. The van der Waals surface area contributed by atoms with Crippen LogP contribution in [0.25, 0.3) is 17.8 Å². The van der Waals surface area contributed by atoms with E-state index in [4.69, 9.17) is 0 Å². The molecule has 1 amide bonds. The number of benzene rings is 3. The Morgan fingerprint density at radius 3 is 1.88 bits per heavy atom. The highest BCUT2D eigenvalue weighted by Gasteiger charge is 2.31. The maximum Gasteiger partial charge on any atom is 0.335 e. The molecule has 0 saturated heterocycles. The lowest BCUT2D eigenvalue weighted by Crippen LogP contribution is -2.45. The molecule has 0 bridgehead atoms. The largest absolute Gasteiger partial charge is 0.478 e. The third kappa shape index (κ3) is 5.08. The lowest BCUT2D eigenvalue weighted by molar-refractivity contribution is 0.0686. The highest BCUT2D eigenvalue weighted by Crippen LogP contribution is 2.22. The van der Waals surface area contributed by atoms with E-state index in [1.807, 2.05) is 49.3 Å². The van der Waals surface area contributed by atoms with Gasteiger partial charge in [0.05, 0.1) is 28.1 Å². The number of carboxylic acid groups (broad SMARTS) is 2. The van der Waals surface area contributed by atoms with Crippen molar-refractivity contribution in [1.29, 1.82) is 0 Å². The number of aromatic nitrogens is 1. The van der Waals surface area contributed by atoms with Gasteiger partial charge in [-0.3, -0.25) is 14.2 Å². The summed E-state index contributed by atoms with van der Waals surface area (Å²) < 4.78 is 1.28. The molecular formula is C32H26N4O6. The minimum atomic E-state index is -1.11. The zero-order chi connectivity index (χ0) is 30.1. The number of rotatable bonds is 7. The Morgan fingerprint density at radius 1 is 0.810 bits per heavy atom. The summed E-state index contributed by atoms with van der Waals surface area (Å²) in [6.45, 7) is 1.67. The Hall–Kier alpha value is -5.77. The number of pyridine rings is 1.